The number of aromatic nitrogens is 2. The summed E-state index contributed by atoms with van der Waals surface area (Å²) in [4.78, 5) is 2.23. The van der Waals surface area contributed by atoms with Crippen LogP contribution in [-0.4, -0.2) is 58.2 Å². The molecule has 0 aliphatic carbocycles. The summed E-state index contributed by atoms with van der Waals surface area (Å²) in [6.07, 6.45) is 5.49. The maximum absolute atomic E-state index is 10.1. The summed E-state index contributed by atoms with van der Waals surface area (Å²) in [5.41, 5.74) is 6.22. The van der Waals surface area contributed by atoms with Gasteiger partial charge >= 0.3 is 0 Å². The van der Waals surface area contributed by atoms with E-state index in [9.17, 15) is 5.11 Å². The van der Waals surface area contributed by atoms with Gasteiger partial charge in [0.05, 0.1) is 30.6 Å². The summed E-state index contributed by atoms with van der Waals surface area (Å²) in [7, 11) is 0. The second-order valence-electron chi connectivity index (χ2n) is 5.14. The molecule has 1 fully saturated rings. The van der Waals surface area contributed by atoms with Gasteiger partial charge in [0.25, 0.3) is 0 Å². The van der Waals surface area contributed by atoms with Gasteiger partial charge in [0, 0.05) is 25.9 Å². The molecule has 0 amide bonds. The minimum absolute atomic E-state index is 0.326. The van der Waals surface area contributed by atoms with Gasteiger partial charge in [-0.1, -0.05) is 6.92 Å². The first-order valence-electron chi connectivity index (χ1n) is 6.97. The summed E-state index contributed by atoms with van der Waals surface area (Å²) in [6.45, 7) is 5.90. The molecule has 2 heterocycles. The van der Waals surface area contributed by atoms with Crippen LogP contribution in [0.5, 0.6) is 0 Å². The van der Waals surface area contributed by atoms with Crippen molar-refractivity contribution in [3.63, 3.8) is 0 Å². The Labute approximate surface area is 114 Å². The molecule has 1 aromatic rings. The lowest BCUT2D eigenvalue weighted by molar-refractivity contribution is 0.0465. The Morgan fingerprint density at radius 3 is 3.11 bits per heavy atom. The number of likely N-dealkylation sites (N-methyl/N-ethyl adjacent to an activating group) is 1. The second-order valence-corrected chi connectivity index (χ2v) is 5.14. The molecule has 6 heteroatoms. The maximum atomic E-state index is 10.1. The second kappa shape index (κ2) is 6.88. The van der Waals surface area contributed by atoms with Gasteiger partial charge in [-0.25, -0.2) is 0 Å². The molecule has 108 valence electrons. The van der Waals surface area contributed by atoms with E-state index in [1.54, 1.807) is 17.1 Å². The predicted molar refractivity (Wildman–Crippen MR) is 73.7 cm³/mol. The van der Waals surface area contributed by atoms with Crippen molar-refractivity contribution in [2.75, 3.05) is 32.0 Å². The van der Waals surface area contributed by atoms with E-state index >= 15 is 0 Å². The van der Waals surface area contributed by atoms with Gasteiger partial charge in [0.15, 0.2) is 0 Å². The quantitative estimate of drug-likeness (QED) is 0.745. The SMILES string of the molecule is CCN(CC(O)Cn1cc(N)cn1)CC1CCCO1. The van der Waals surface area contributed by atoms with Crippen molar-refractivity contribution in [2.24, 2.45) is 0 Å². The largest absolute Gasteiger partial charge is 0.396 e. The van der Waals surface area contributed by atoms with Crippen LogP contribution in [-0.2, 0) is 11.3 Å². The van der Waals surface area contributed by atoms with E-state index in [0.29, 0.717) is 24.9 Å². The van der Waals surface area contributed by atoms with Gasteiger partial charge in [-0.05, 0) is 19.4 Å². The van der Waals surface area contributed by atoms with E-state index in [2.05, 4.69) is 16.9 Å². The van der Waals surface area contributed by atoms with Gasteiger partial charge in [-0.2, -0.15) is 5.10 Å². The number of nitrogens with two attached hydrogens (primary N) is 1. The van der Waals surface area contributed by atoms with E-state index in [4.69, 9.17) is 10.5 Å². The van der Waals surface area contributed by atoms with Crippen molar-refractivity contribution in [3.05, 3.63) is 12.4 Å². The van der Waals surface area contributed by atoms with Crippen LogP contribution in [0.25, 0.3) is 0 Å². The fourth-order valence-corrected chi connectivity index (χ4v) is 2.46. The van der Waals surface area contributed by atoms with Crippen molar-refractivity contribution >= 4 is 5.69 Å². The number of hydrogen-bond donors (Lipinski definition) is 2. The average Bonchev–Trinajstić information content (AvgIpc) is 3.00. The standard InChI is InChI=1S/C13H24N4O2/c1-2-16(10-13-4-3-5-19-13)8-12(18)9-17-7-11(14)6-15-17/h6-7,12-13,18H,2-5,8-10,14H2,1H3. The number of nitrogen functional groups attached to an aromatic ring is 1. The van der Waals surface area contributed by atoms with Crippen LogP contribution >= 0.6 is 0 Å². The Kier molecular flexibility index (Phi) is 5.18. The molecule has 0 bridgehead atoms. The monoisotopic (exact) mass is 268 g/mol. The fourth-order valence-electron chi connectivity index (χ4n) is 2.46. The van der Waals surface area contributed by atoms with Crippen LogP contribution in [0.15, 0.2) is 12.4 Å². The lowest BCUT2D eigenvalue weighted by Gasteiger charge is -2.26. The molecule has 1 aromatic heterocycles. The van der Waals surface area contributed by atoms with Crippen LogP contribution in [0.3, 0.4) is 0 Å². The highest BCUT2D eigenvalue weighted by atomic mass is 16.5. The van der Waals surface area contributed by atoms with Crippen molar-refractivity contribution in [3.8, 4) is 0 Å². The van der Waals surface area contributed by atoms with Crippen LogP contribution in [0, 0.1) is 0 Å². The Bertz CT molecular complexity index is 376. The fraction of sp³-hybridized carbons (Fsp3) is 0.769. The van der Waals surface area contributed by atoms with Gasteiger partial charge in [-0.15, -0.1) is 0 Å². The summed E-state index contributed by atoms with van der Waals surface area (Å²) in [5.74, 6) is 0. The van der Waals surface area contributed by atoms with Crippen molar-refractivity contribution < 1.29 is 9.84 Å². The summed E-state index contributed by atoms with van der Waals surface area (Å²) in [6, 6.07) is 0. The van der Waals surface area contributed by atoms with Crippen molar-refractivity contribution in [1.29, 1.82) is 0 Å². The Hall–Kier alpha value is -1.11. The van der Waals surface area contributed by atoms with Gasteiger partial charge < -0.3 is 15.6 Å². The first-order chi connectivity index (χ1) is 9.17. The molecule has 1 aliphatic heterocycles. The molecule has 0 radical (unpaired) electrons. The summed E-state index contributed by atoms with van der Waals surface area (Å²) >= 11 is 0. The molecule has 0 aromatic carbocycles. The number of hydrogen-bond acceptors (Lipinski definition) is 5. The van der Waals surface area contributed by atoms with Crippen molar-refractivity contribution in [2.45, 2.75) is 38.5 Å². The van der Waals surface area contributed by atoms with E-state index in [1.807, 2.05) is 0 Å². The number of aliphatic hydroxyl groups is 1. The minimum Gasteiger partial charge on any atom is -0.396 e. The van der Waals surface area contributed by atoms with E-state index < -0.39 is 6.10 Å². The first-order valence-corrected chi connectivity index (χ1v) is 6.97. The highest BCUT2D eigenvalue weighted by Gasteiger charge is 2.20. The molecule has 1 saturated heterocycles. The van der Waals surface area contributed by atoms with Gasteiger partial charge in [0.2, 0.25) is 0 Å². The smallest absolute Gasteiger partial charge is 0.0862 e. The third-order valence-corrected chi connectivity index (χ3v) is 3.45. The molecular weight excluding hydrogens is 244 g/mol. The van der Waals surface area contributed by atoms with E-state index in [-0.39, 0.29) is 0 Å². The number of aliphatic hydroxyl groups excluding tert-OH is 1. The molecule has 2 unspecified atom stereocenters. The molecule has 0 saturated carbocycles. The topological polar surface area (TPSA) is 76.5 Å². The number of anilines is 1. The minimum atomic E-state index is -0.444. The van der Waals surface area contributed by atoms with Crippen LogP contribution in [0.2, 0.25) is 0 Å². The molecule has 3 N–H and O–H groups in total. The number of nitrogens with zero attached hydrogens (tertiary/aromatic N) is 3. The predicted octanol–water partition coefficient (Wildman–Crippen LogP) is 0.327. The number of rotatable bonds is 7. The average molecular weight is 268 g/mol. The summed E-state index contributed by atoms with van der Waals surface area (Å²) < 4.78 is 7.31. The molecule has 6 nitrogen and oxygen atoms in total. The van der Waals surface area contributed by atoms with Gasteiger partial charge in [0.1, 0.15) is 0 Å². The maximum Gasteiger partial charge on any atom is 0.0862 e. The zero-order valence-corrected chi connectivity index (χ0v) is 11.5. The first kappa shape index (κ1) is 14.3. The highest BCUT2D eigenvalue weighted by Crippen LogP contribution is 2.13. The molecule has 0 spiro atoms. The van der Waals surface area contributed by atoms with Crippen LogP contribution in [0.1, 0.15) is 19.8 Å². The van der Waals surface area contributed by atoms with Crippen LogP contribution < -0.4 is 5.73 Å². The zero-order chi connectivity index (χ0) is 13.7. The van der Waals surface area contributed by atoms with Crippen molar-refractivity contribution in [1.82, 2.24) is 14.7 Å². The number of ether oxygens (including phenoxy) is 1. The Balaban J connectivity index is 1.76. The third kappa shape index (κ3) is 4.49. The molecule has 2 atom stereocenters. The molecular formula is C13H24N4O2. The lowest BCUT2D eigenvalue weighted by Crippen LogP contribution is -2.39. The van der Waals surface area contributed by atoms with Crippen LogP contribution in [0.4, 0.5) is 5.69 Å². The third-order valence-electron chi connectivity index (χ3n) is 3.45. The Morgan fingerprint density at radius 2 is 2.53 bits per heavy atom. The summed E-state index contributed by atoms with van der Waals surface area (Å²) in [5, 5.41) is 14.2. The normalized spacial score (nSPS) is 21.1. The Morgan fingerprint density at radius 1 is 1.68 bits per heavy atom. The lowest BCUT2D eigenvalue weighted by atomic mass is 10.2. The zero-order valence-electron chi connectivity index (χ0n) is 11.5. The molecule has 1 aliphatic rings. The van der Waals surface area contributed by atoms with E-state index in [1.165, 1.54) is 0 Å². The molecule has 19 heavy (non-hydrogen) atoms. The van der Waals surface area contributed by atoms with Gasteiger partial charge in [-0.3, -0.25) is 9.58 Å². The van der Waals surface area contributed by atoms with E-state index in [0.717, 1.165) is 32.5 Å². The molecule has 2 rings (SSSR count). The highest BCUT2D eigenvalue weighted by molar-refractivity contribution is 5.30.